The first-order valence-electron chi connectivity index (χ1n) is 6.98. The molecule has 1 N–H and O–H groups in total. The molecule has 0 aromatic heterocycles. The molecule has 2 unspecified atom stereocenters. The van der Waals surface area contributed by atoms with Gasteiger partial charge in [-0.05, 0) is 40.0 Å². The third kappa shape index (κ3) is 7.31. The first kappa shape index (κ1) is 15.9. The van der Waals surface area contributed by atoms with Crippen LogP contribution < -0.4 is 5.32 Å². The van der Waals surface area contributed by atoms with Crippen LogP contribution in [0.15, 0.2) is 0 Å². The van der Waals surface area contributed by atoms with Gasteiger partial charge < -0.3 is 19.5 Å². The fourth-order valence-electron chi connectivity index (χ4n) is 1.99. The Morgan fingerprint density at radius 2 is 1.89 bits per heavy atom. The largest absolute Gasteiger partial charge is 0.385 e. The summed E-state index contributed by atoms with van der Waals surface area (Å²) in [5.74, 6) is 0. The zero-order chi connectivity index (χ0) is 13.4. The van der Waals surface area contributed by atoms with E-state index in [9.17, 15) is 0 Å². The van der Waals surface area contributed by atoms with E-state index in [1.165, 1.54) is 0 Å². The zero-order valence-corrected chi connectivity index (χ0v) is 12.3. The molecular formula is C14H29NO3. The minimum absolute atomic E-state index is 0.165. The van der Waals surface area contributed by atoms with Gasteiger partial charge in [-0.2, -0.15) is 0 Å². The van der Waals surface area contributed by atoms with Crippen molar-refractivity contribution in [3.05, 3.63) is 0 Å². The van der Waals surface area contributed by atoms with E-state index in [1.807, 2.05) is 0 Å². The first-order valence-corrected chi connectivity index (χ1v) is 6.98. The molecular weight excluding hydrogens is 230 g/mol. The smallest absolute Gasteiger partial charge is 0.0813 e. The molecule has 2 atom stereocenters. The van der Waals surface area contributed by atoms with E-state index in [0.29, 0.717) is 6.10 Å². The Morgan fingerprint density at radius 1 is 1.17 bits per heavy atom. The Balaban J connectivity index is 2.03. The summed E-state index contributed by atoms with van der Waals surface area (Å²) in [5, 5.41) is 3.49. The average Bonchev–Trinajstić information content (AvgIpc) is 2.73. The Morgan fingerprint density at radius 3 is 2.56 bits per heavy atom. The van der Waals surface area contributed by atoms with E-state index in [2.05, 4.69) is 26.1 Å². The number of ether oxygens (including phenoxy) is 3. The molecule has 4 nitrogen and oxygen atoms in total. The van der Waals surface area contributed by atoms with E-state index in [1.54, 1.807) is 7.11 Å². The van der Waals surface area contributed by atoms with Crippen molar-refractivity contribution in [2.75, 3.05) is 33.5 Å². The Hall–Kier alpha value is -0.160. The molecule has 1 heterocycles. The summed E-state index contributed by atoms with van der Waals surface area (Å²) in [4.78, 5) is 0. The molecule has 0 saturated carbocycles. The maximum Gasteiger partial charge on any atom is 0.0813 e. The summed E-state index contributed by atoms with van der Waals surface area (Å²) >= 11 is 0. The monoisotopic (exact) mass is 259 g/mol. The van der Waals surface area contributed by atoms with E-state index in [4.69, 9.17) is 14.2 Å². The van der Waals surface area contributed by atoms with Crippen LogP contribution in [-0.2, 0) is 14.2 Å². The highest BCUT2D eigenvalue weighted by atomic mass is 16.5. The first-order chi connectivity index (χ1) is 8.51. The molecule has 0 spiro atoms. The van der Waals surface area contributed by atoms with Crippen LogP contribution in [0.25, 0.3) is 0 Å². The highest BCUT2D eigenvalue weighted by Gasteiger charge is 2.26. The summed E-state index contributed by atoms with van der Waals surface area (Å²) in [6, 6.07) is 0. The second-order valence-electron chi connectivity index (χ2n) is 6.01. The molecule has 108 valence electrons. The van der Waals surface area contributed by atoms with Crippen LogP contribution >= 0.6 is 0 Å². The van der Waals surface area contributed by atoms with Crippen LogP contribution in [-0.4, -0.2) is 51.2 Å². The molecule has 1 saturated heterocycles. The standard InChI is InChI=1S/C14H29NO3/c1-14(2,3)15-10-12-6-7-13(18-12)11-17-9-5-8-16-4/h12-13,15H,5-11H2,1-4H3. The molecule has 0 aromatic carbocycles. The van der Waals surface area contributed by atoms with Gasteiger partial charge in [0.25, 0.3) is 0 Å². The lowest BCUT2D eigenvalue weighted by molar-refractivity contribution is -0.0186. The van der Waals surface area contributed by atoms with Gasteiger partial charge in [-0.15, -0.1) is 0 Å². The summed E-state index contributed by atoms with van der Waals surface area (Å²) in [6.07, 6.45) is 3.82. The number of nitrogens with one attached hydrogen (secondary N) is 1. The second-order valence-corrected chi connectivity index (χ2v) is 6.01. The van der Waals surface area contributed by atoms with E-state index in [0.717, 1.165) is 45.6 Å². The van der Waals surface area contributed by atoms with Crippen LogP contribution in [0.4, 0.5) is 0 Å². The number of hydrogen-bond donors (Lipinski definition) is 1. The third-order valence-corrected chi connectivity index (χ3v) is 3.00. The summed E-state index contributed by atoms with van der Waals surface area (Å²) in [6.45, 7) is 9.72. The topological polar surface area (TPSA) is 39.7 Å². The van der Waals surface area contributed by atoms with Crippen LogP contribution in [0.1, 0.15) is 40.0 Å². The van der Waals surface area contributed by atoms with E-state index in [-0.39, 0.29) is 11.6 Å². The van der Waals surface area contributed by atoms with Gasteiger partial charge in [0.15, 0.2) is 0 Å². The van der Waals surface area contributed by atoms with Gasteiger partial charge >= 0.3 is 0 Å². The quantitative estimate of drug-likeness (QED) is 0.677. The van der Waals surface area contributed by atoms with E-state index < -0.39 is 0 Å². The van der Waals surface area contributed by atoms with Gasteiger partial charge in [-0.25, -0.2) is 0 Å². The van der Waals surface area contributed by atoms with Gasteiger partial charge in [-0.1, -0.05) is 0 Å². The van der Waals surface area contributed by atoms with Gasteiger partial charge in [0.1, 0.15) is 0 Å². The zero-order valence-electron chi connectivity index (χ0n) is 12.3. The highest BCUT2D eigenvalue weighted by molar-refractivity contribution is 4.79. The third-order valence-electron chi connectivity index (χ3n) is 3.00. The molecule has 1 fully saturated rings. The molecule has 1 aliphatic rings. The number of methoxy groups -OCH3 is 1. The van der Waals surface area contributed by atoms with Crippen molar-refractivity contribution in [2.24, 2.45) is 0 Å². The second kappa shape index (κ2) is 8.10. The molecule has 0 aromatic rings. The van der Waals surface area contributed by atoms with Crippen LogP contribution in [0, 0.1) is 0 Å². The van der Waals surface area contributed by atoms with Gasteiger partial charge in [0.2, 0.25) is 0 Å². The molecule has 0 radical (unpaired) electrons. The van der Waals surface area contributed by atoms with Crippen LogP contribution in [0.2, 0.25) is 0 Å². The maximum absolute atomic E-state index is 5.94. The van der Waals surface area contributed by atoms with Crippen LogP contribution in [0.3, 0.4) is 0 Å². The Labute approximate surface area is 111 Å². The number of rotatable bonds is 8. The Kier molecular flexibility index (Phi) is 7.15. The van der Waals surface area contributed by atoms with Crippen LogP contribution in [0.5, 0.6) is 0 Å². The number of hydrogen-bond acceptors (Lipinski definition) is 4. The predicted molar refractivity (Wildman–Crippen MR) is 73.0 cm³/mol. The summed E-state index contributed by atoms with van der Waals surface area (Å²) < 4.78 is 16.5. The van der Waals surface area contributed by atoms with E-state index >= 15 is 0 Å². The molecule has 18 heavy (non-hydrogen) atoms. The molecule has 0 aliphatic carbocycles. The van der Waals surface area contributed by atoms with Crippen molar-refractivity contribution >= 4 is 0 Å². The minimum Gasteiger partial charge on any atom is -0.385 e. The van der Waals surface area contributed by atoms with Crippen molar-refractivity contribution in [3.8, 4) is 0 Å². The lowest BCUT2D eigenvalue weighted by atomic mass is 10.1. The average molecular weight is 259 g/mol. The normalized spacial score (nSPS) is 24.7. The SMILES string of the molecule is COCCCOCC1CCC(CNC(C)(C)C)O1. The summed E-state index contributed by atoms with van der Waals surface area (Å²) in [5.41, 5.74) is 0.165. The van der Waals surface area contributed by atoms with Gasteiger partial charge in [-0.3, -0.25) is 0 Å². The summed E-state index contributed by atoms with van der Waals surface area (Å²) in [7, 11) is 1.72. The van der Waals surface area contributed by atoms with Crippen molar-refractivity contribution in [3.63, 3.8) is 0 Å². The Bertz CT molecular complexity index is 216. The molecule has 0 bridgehead atoms. The molecule has 1 rings (SSSR count). The predicted octanol–water partition coefficient (Wildman–Crippen LogP) is 1.98. The lowest BCUT2D eigenvalue weighted by Gasteiger charge is -2.23. The fourth-order valence-corrected chi connectivity index (χ4v) is 1.99. The maximum atomic E-state index is 5.94. The minimum atomic E-state index is 0.165. The lowest BCUT2D eigenvalue weighted by Crippen LogP contribution is -2.41. The molecule has 0 amide bonds. The fraction of sp³-hybridized carbons (Fsp3) is 1.00. The van der Waals surface area contributed by atoms with Gasteiger partial charge in [0, 0.05) is 32.4 Å². The molecule has 4 heteroatoms. The van der Waals surface area contributed by atoms with Crippen molar-refractivity contribution in [1.29, 1.82) is 0 Å². The van der Waals surface area contributed by atoms with Crippen molar-refractivity contribution in [2.45, 2.75) is 57.8 Å². The van der Waals surface area contributed by atoms with Crippen molar-refractivity contribution < 1.29 is 14.2 Å². The van der Waals surface area contributed by atoms with Crippen molar-refractivity contribution in [1.82, 2.24) is 5.32 Å². The highest BCUT2D eigenvalue weighted by Crippen LogP contribution is 2.20. The van der Waals surface area contributed by atoms with Gasteiger partial charge in [0.05, 0.1) is 18.8 Å². The molecule has 1 aliphatic heterocycles.